The molecule has 0 fully saturated rings. The van der Waals surface area contributed by atoms with E-state index in [-0.39, 0.29) is 5.97 Å². The van der Waals surface area contributed by atoms with Crippen LogP contribution in [0.2, 0.25) is 0 Å². The van der Waals surface area contributed by atoms with Gasteiger partial charge in [-0.25, -0.2) is 4.79 Å². The maximum Gasteiger partial charge on any atom is 0.340 e. The lowest BCUT2D eigenvalue weighted by atomic mass is 9.73. The van der Waals surface area contributed by atoms with Gasteiger partial charge in [-0.05, 0) is 49.6 Å². The first-order valence-electron chi connectivity index (χ1n) is 11.4. The van der Waals surface area contributed by atoms with Crippen LogP contribution in [0.3, 0.4) is 0 Å². The highest BCUT2D eigenvalue weighted by molar-refractivity contribution is 5.99. The number of esters is 1. The normalized spacial score (nSPS) is 20.9. The van der Waals surface area contributed by atoms with Crippen molar-refractivity contribution in [3.8, 4) is 5.75 Å². The molecule has 1 unspecified atom stereocenters. The van der Waals surface area contributed by atoms with E-state index < -0.39 is 5.60 Å². The van der Waals surface area contributed by atoms with E-state index in [4.69, 9.17) is 9.47 Å². The van der Waals surface area contributed by atoms with Gasteiger partial charge in [-0.2, -0.15) is 0 Å². The van der Waals surface area contributed by atoms with Crippen LogP contribution in [0.25, 0.3) is 10.8 Å². The zero-order chi connectivity index (χ0) is 21.9. The first kappa shape index (κ1) is 19.2. The maximum absolute atomic E-state index is 13.1. The van der Waals surface area contributed by atoms with E-state index in [2.05, 4.69) is 43.0 Å². The lowest BCUT2D eigenvalue weighted by Crippen LogP contribution is -2.37. The fraction of sp³-hybridized carbons (Fsp3) is 0.250. The Morgan fingerprint density at radius 1 is 0.938 bits per heavy atom. The molecule has 160 valence electrons. The number of hydrogen-bond donors (Lipinski definition) is 0. The second kappa shape index (κ2) is 6.99. The van der Waals surface area contributed by atoms with Gasteiger partial charge >= 0.3 is 5.97 Å². The van der Waals surface area contributed by atoms with Crippen LogP contribution in [0, 0.1) is 0 Å². The summed E-state index contributed by atoms with van der Waals surface area (Å²) >= 11 is 0. The molecule has 1 aliphatic carbocycles. The molecule has 32 heavy (non-hydrogen) atoms. The molecular formula is C28H25NO3. The third kappa shape index (κ3) is 2.46. The topological polar surface area (TPSA) is 38.8 Å². The number of benzene rings is 3. The molecule has 3 aromatic carbocycles. The molecule has 0 radical (unpaired) electrons. The summed E-state index contributed by atoms with van der Waals surface area (Å²) in [5, 5.41) is 2.16. The van der Waals surface area contributed by atoms with Crippen LogP contribution in [0.5, 0.6) is 5.75 Å². The van der Waals surface area contributed by atoms with E-state index in [1.54, 1.807) is 0 Å². The van der Waals surface area contributed by atoms with Crippen molar-refractivity contribution in [2.75, 3.05) is 13.1 Å². The standard InChI is InChI=1S/C28H25NO3/c1-3-29(4-2)19-14-15-23-25(17-19)31-24-16-13-18-9-5-6-10-20(18)26(24)28(23)22-12-8-7-11-21(22)27(30)32-28/h5-13,16-17H,3-4,14-15H2,1-2H3. The molecule has 2 aliphatic heterocycles. The van der Waals surface area contributed by atoms with Crippen LogP contribution in [0.15, 0.2) is 83.8 Å². The molecule has 6 rings (SSSR count). The zero-order valence-corrected chi connectivity index (χ0v) is 18.4. The smallest absolute Gasteiger partial charge is 0.340 e. The Labute approximate surface area is 187 Å². The summed E-state index contributed by atoms with van der Waals surface area (Å²) in [7, 11) is 0. The zero-order valence-electron chi connectivity index (χ0n) is 18.4. The van der Waals surface area contributed by atoms with Gasteiger partial charge in [0.15, 0.2) is 5.60 Å². The van der Waals surface area contributed by atoms with Crippen LogP contribution >= 0.6 is 0 Å². The van der Waals surface area contributed by atoms with Crippen molar-refractivity contribution in [3.05, 3.63) is 100 Å². The van der Waals surface area contributed by atoms with Crippen molar-refractivity contribution in [3.63, 3.8) is 0 Å². The Morgan fingerprint density at radius 2 is 1.72 bits per heavy atom. The van der Waals surface area contributed by atoms with Crippen LogP contribution in [0.1, 0.15) is 48.2 Å². The molecule has 1 atom stereocenters. The fourth-order valence-corrected chi connectivity index (χ4v) is 5.60. The van der Waals surface area contributed by atoms with Gasteiger partial charge < -0.3 is 14.4 Å². The highest BCUT2D eigenvalue weighted by Crippen LogP contribution is 2.57. The Kier molecular flexibility index (Phi) is 4.19. The first-order chi connectivity index (χ1) is 15.7. The lowest BCUT2D eigenvalue weighted by molar-refractivity contribution is 0.0194. The van der Waals surface area contributed by atoms with Crippen molar-refractivity contribution in [1.29, 1.82) is 0 Å². The first-order valence-corrected chi connectivity index (χ1v) is 11.4. The van der Waals surface area contributed by atoms with E-state index in [9.17, 15) is 4.79 Å². The molecule has 0 bridgehead atoms. The molecule has 4 nitrogen and oxygen atoms in total. The predicted octanol–water partition coefficient (Wildman–Crippen LogP) is 5.92. The Balaban J connectivity index is 1.68. The second-order valence-corrected chi connectivity index (χ2v) is 8.53. The van der Waals surface area contributed by atoms with Gasteiger partial charge in [0.2, 0.25) is 0 Å². The van der Waals surface area contributed by atoms with Gasteiger partial charge in [0.05, 0.1) is 11.1 Å². The molecule has 3 aliphatic rings. The molecule has 4 heteroatoms. The van der Waals surface area contributed by atoms with E-state index >= 15 is 0 Å². The Hall–Kier alpha value is -3.53. The van der Waals surface area contributed by atoms with Gasteiger partial charge in [0, 0.05) is 36.0 Å². The Bertz CT molecular complexity index is 1330. The summed E-state index contributed by atoms with van der Waals surface area (Å²) in [4.78, 5) is 15.5. The Morgan fingerprint density at radius 3 is 2.56 bits per heavy atom. The van der Waals surface area contributed by atoms with Crippen molar-refractivity contribution in [2.24, 2.45) is 0 Å². The van der Waals surface area contributed by atoms with Crippen molar-refractivity contribution >= 4 is 16.7 Å². The van der Waals surface area contributed by atoms with Crippen LogP contribution in [0.4, 0.5) is 0 Å². The van der Waals surface area contributed by atoms with Crippen LogP contribution < -0.4 is 4.74 Å². The predicted molar refractivity (Wildman–Crippen MR) is 124 cm³/mol. The summed E-state index contributed by atoms with van der Waals surface area (Å²) in [6.45, 7) is 6.26. The van der Waals surface area contributed by atoms with Crippen LogP contribution in [-0.4, -0.2) is 24.0 Å². The van der Waals surface area contributed by atoms with Gasteiger partial charge in [-0.3, -0.25) is 0 Å². The van der Waals surface area contributed by atoms with Crippen molar-refractivity contribution in [1.82, 2.24) is 4.90 Å². The maximum atomic E-state index is 13.1. The largest absolute Gasteiger partial charge is 0.457 e. The SMILES string of the molecule is CCN(CC)C1=CC2=C(CC1)C1(OC(=O)c3ccccc31)c1c(ccc3ccccc13)O2. The number of fused-ring (bicyclic) bond motifs is 7. The van der Waals surface area contributed by atoms with Crippen LogP contribution in [-0.2, 0) is 10.3 Å². The van der Waals surface area contributed by atoms with Gasteiger partial charge in [-0.1, -0.05) is 48.5 Å². The molecule has 0 aromatic heterocycles. The summed E-state index contributed by atoms with van der Waals surface area (Å²) in [5.41, 5.74) is 3.84. The highest BCUT2D eigenvalue weighted by Gasteiger charge is 2.55. The average molecular weight is 424 g/mol. The summed E-state index contributed by atoms with van der Waals surface area (Å²) < 4.78 is 12.9. The number of nitrogens with zero attached hydrogens (tertiary/aromatic N) is 1. The minimum atomic E-state index is -0.956. The summed E-state index contributed by atoms with van der Waals surface area (Å²) in [6.07, 6.45) is 3.83. The third-order valence-electron chi connectivity index (χ3n) is 7.06. The number of carbonyl (C=O) groups excluding carboxylic acids is 1. The quantitative estimate of drug-likeness (QED) is 0.490. The molecule has 0 saturated heterocycles. The molecular weight excluding hydrogens is 398 g/mol. The molecule has 0 saturated carbocycles. The molecule has 1 spiro atoms. The minimum absolute atomic E-state index is 0.272. The van der Waals surface area contributed by atoms with Crippen molar-refractivity contribution < 1.29 is 14.3 Å². The molecule has 2 heterocycles. The monoisotopic (exact) mass is 423 g/mol. The van der Waals surface area contributed by atoms with E-state index in [0.29, 0.717) is 5.56 Å². The molecule has 0 amide bonds. The summed E-state index contributed by atoms with van der Waals surface area (Å²) in [6, 6.07) is 20.1. The third-order valence-corrected chi connectivity index (χ3v) is 7.06. The van der Waals surface area contributed by atoms with Gasteiger partial charge in [-0.15, -0.1) is 0 Å². The molecule has 3 aromatic rings. The second-order valence-electron chi connectivity index (χ2n) is 8.53. The summed E-state index contributed by atoms with van der Waals surface area (Å²) in [5.74, 6) is 1.29. The van der Waals surface area contributed by atoms with E-state index in [1.165, 1.54) is 5.70 Å². The lowest BCUT2D eigenvalue weighted by Gasteiger charge is -2.41. The number of ether oxygens (including phenoxy) is 2. The number of hydrogen-bond acceptors (Lipinski definition) is 4. The molecule has 0 N–H and O–H groups in total. The van der Waals surface area contributed by atoms with Gasteiger partial charge in [0.1, 0.15) is 11.5 Å². The number of rotatable bonds is 3. The van der Waals surface area contributed by atoms with Gasteiger partial charge in [0.25, 0.3) is 0 Å². The fourth-order valence-electron chi connectivity index (χ4n) is 5.60. The minimum Gasteiger partial charge on any atom is -0.457 e. The number of carbonyl (C=O) groups is 1. The average Bonchev–Trinajstić information content (AvgIpc) is 3.12. The van der Waals surface area contributed by atoms with E-state index in [0.717, 1.165) is 64.9 Å². The highest BCUT2D eigenvalue weighted by atomic mass is 16.6. The number of allylic oxidation sites excluding steroid dienone is 2. The van der Waals surface area contributed by atoms with E-state index in [1.807, 2.05) is 42.5 Å². The van der Waals surface area contributed by atoms with Crippen molar-refractivity contribution in [2.45, 2.75) is 32.3 Å².